The second-order valence-corrected chi connectivity index (χ2v) is 9.28. The number of rotatable bonds is 3. The quantitative estimate of drug-likeness (QED) is 0.694. The number of nitrogens with zero attached hydrogens (tertiary/aromatic N) is 1. The van der Waals surface area contributed by atoms with Crippen molar-refractivity contribution in [2.24, 2.45) is 5.92 Å². The highest BCUT2D eigenvalue weighted by molar-refractivity contribution is 6.30. The number of ether oxygens (including phenoxy) is 1. The van der Waals surface area contributed by atoms with E-state index in [1.807, 2.05) is 18.2 Å². The summed E-state index contributed by atoms with van der Waals surface area (Å²) in [7, 11) is 3.35. The van der Waals surface area contributed by atoms with E-state index < -0.39 is 5.60 Å². The minimum absolute atomic E-state index is 0.0841. The van der Waals surface area contributed by atoms with Crippen LogP contribution < -0.4 is 4.74 Å². The van der Waals surface area contributed by atoms with Crippen LogP contribution in [-0.4, -0.2) is 35.8 Å². The third-order valence-electron chi connectivity index (χ3n) is 6.94. The molecule has 2 aliphatic rings. The van der Waals surface area contributed by atoms with Crippen LogP contribution in [0.4, 0.5) is 4.79 Å². The lowest BCUT2D eigenvalue weighted by molar-refractivity contribution is -0.00796. The van der Waals surface area contributed by atoms with Crippen LogP contribution in [0.2, 0.25) is 0 Å². The summed E-state index contributed by atoms with van der Waals surface area (Å²) in [6.45, 7) is 0. The highest BCUT2D eigenvalue weighted by atomic mass is 35.5. The molecule has 4 rings (SSSR count). The molecule has 1 amide bonds. The zero-order valence-corrected chi connectivity index (χ0v) is 18.8. The number of aryl methyl sites for hydroxylation is 1. The molecule has 0 saturated heterocycles. The number of carbonyl (C=O) groups excluding carboxylic acids is 1. The molecule has 0 aromatic heterocycles. The van der Waals surface area contributed by atoms with Crippen molar-refractivity contribution in [3.05, 3.63) is 65.2 Å². The Morgan fingerprint density at radius 2 is 2.00 bits per heavy atom. The third-order valence-corrected chi connectivity index (χ3v) is 7.03. The lowest BCUT2D eigenvalue weighted by Crippen LogP contribution is -2.50. The molecule has 0 radical (unpaired) electrons. The highest BCUT2D eigenvalue weighted by Crippen LogP contribution is 2.54. The van der Waals surface area contributed by atoms with Gasteiger partial charge in [-0.15, -0.1) is 0 Å². The van der Waals surface area contributed by atoms with Gasteiger partial charge in [0.1, 0.15) is 11.4 Å². The minimum Gasteiger partial charge on any atom is -0.410 e. The van der Waals surface area contributed by atoms with Crippen molar-refractivity contribution in [3.8, 4) is 17.0 Å². The van der Waals surface area contributed by atoms with Crippen LogP contribution in [0.25, 0.3) is 0 Å². The van der Waals surface area contributed by atoms with Crippen molar-refractivity contribution >= 4 is 17.7 Å². The van der Waals surface area contributed by atoms with Gasteiger partial charge in [0.15, 0.2) is 0 Å². The summed E-state index contributed by atoms with van der Waals surface area (Å²) < 4.78 is 5.51. The van der Waals surface area contributed by atoms with Crippen LogP contribution in [-0.2, 0) is 18.3 Å². The first-order chi connectivity index (χ1) is 14.8. The minimum atomic E-state index is -1.02. The van der Waals surface area contributed by atoms with E-state index in [0.717, 1.165) is 25.7 Å². The van der Waals surface area contributed by atoms with Crippen LogP contribution in [0.15, 0.2) is 48.5 Å². The molecular weight excluding hydrogens is 410 g/mol. The lowest BCUT2D eigenvalue weighted by atomic mass is 9.52. The van der Waals surface area contributed by atoms with Gasteiger partial charge in [-0.05, 0) is 84.9 Å². The number of halogens is 1. The first-order valence-electron chi connectivity index (χ1n) is 10.8. The van der Waals surface area contributed by atoms with Gasteiger partial charge in [0, 0.05) is 24.9 Å². The molecule has 1 saturated carbocycles. The molecule has 2 aromatic carbocycles. The predicted octanol–water partition coefficient (Wildman–Crippen LogP) is 4.90. The number of aliphatic hydroxyl groups is 1. The molecule has 0 spiro atoms. The van der Waals surface area contributed by atoms with Crippen molar-refractivity contribution < 1.29 is 14.6 Å². The number of hydrogen-bond donors (Lipinski definition) is 1. The summed E-state index contributed by atoms with van der Waals surface area (Å²) in [6, 6.07) is 16.6. The highest BCUT2D eigenvalue weighted by Gasteiger charge is 2.51. The smallest absolute Gasteiger partial charge is 0.410 e. The Morgan fingerprint density at radius 1 is 1.23 bits per heavy atom. The number of hydrogen-bond acceptors (Lipinski definition) is 3. The van der Waals surface area contributed by atoms with Gasteiger partial charge in [0.25, 0.3) is 0 Å². The van der Waals surface area contributed by atoms with Gasteiger partial charge in [-0.2, -0.15) is 0 Å². The average Bonchev–Trinajstić information content (AvgIpc) is 2.75. The lowest BCUT2D eigenvalue weighted by Gasteiger charge is -2.52. The van der Waals surface area contributed by atoms with Gasteiger partial charge in [0.2, 0.25) is 0 Å². The molecule has 0 bridgehead atoms. The third kappa shape index (κ3) is 4.31. The molecule has 0 heterocycles. The Bertz CT molecular complexity index is 1030. The zero-order chi connectivity index (χ0) is 22.1. The van der Waals surface area contributed by atoms with Crippen LogP contribution in [0, 0.1) is 17.2 Å². The zero-order valence-electron chi connectivity index (χ0n) is 18.0. The molecule has 162 valence electrons. The van der Waals surface area contributed by atoms with Gasteiger partial charge in [-0.25, -0.2) is 4.79 Å². The first-order valence-corrected chi connectivity index (χ1v) is 11.1. The topological polar surface area (TPSA) is 49.8 Å². The largest absolute Gasteiger partial charge is 0.414 e. The Balaban J connectivity index is 1.73. The molecule has 31 heavy (non-hydrogen) atoms. The van der Waals surface area contributed by atoms with Crippen molar-refractivity contribution in [2.45, 2.75) is 49.5 Å². The van der Waals surface area contributed by atoms with Gasteiger partial charge in [-0.3, -0.25) is 0 Å². The fraction of sp³-hybridized carbons (Fsp3) is 0.423. The van der Waals surface area contributed by atoms with Crippen LogP contribution >= 0.6 is 11.6 Å². The molecule has 2 aliphatic carbocycles. The fourth-order valence-electron chi connectivity index (χ4n) is 5.41. The summed E-state index contributed by atoms with van der Waals surface area (Å²) >= 11 is 5.66. The predicted molar refractivity (Wildman–Crippen MR) is 122 cm³/mol. The summed E-state index contributed by atoms with van der Waals surface area (Å²) in [5.41, 5.74) is 2.71. The van der Waals surface area contributed by atoms with Crippen molar-refractivity contribution in [1.82, 2.24) is 4.90 Å². The Hall–Kier alpha value is -2.48. The van der Waals surface area contributed by atoms with Crippen molar-refractivity contribution in [2.75, 3.05) is 14.1 Å². The molecule has 1 fully saturated rings. The van der Waals surface area contributed by atoms with Crippen molar-refractivity contribution in [1.29, 1.82) is 0 Å². The summed E-state index contributed by atoms with van der Waals surface area (Å²) in [4.78, 5) is 13.4. The summed E-state index contributed by atoms with van der Waals surface area (Å²) in [5.74, 6) is 3.72. The average molecular weight is 438 g/mol. The molecule has 1 unspecified atom stereocenters. The van der Waals surface area contributed by atoms with Crippen LogP contribution in [0.3, 0.4) is 0 Å². The van der Waals surface area contributed by atoms with E-state index in [1.165, 1.54) is 21.6 Å². The van der Waals surface area contributed by atoms with E-state index in [9.17, 15) is 9.90 Å². The Labute approximate surface area is 189 Å². The summed E-state index contributed by atoms with van der Waals surface area (Å²) in [5, 5.41) is 13.4. The van der Waals surface area contributed by atoms with Gasteiger partial charge in [-0.1, -0.05) is 42.3 Å². The van der Waals surface area contributed by atoms with E-state index >= 15 is 0 Å². The second kappa shape index (κ2) is 8.57. The monoisotopic (exact) mass is 437 g/mol. The van der Waals surface area contributed by atoms with Crippen LogP contribution in [0.5, 0.6) is 5.75 Å². The van der Waals surface area contributed by atoms with E-state index in [2.05, 4.69) is 41.6 Å². The fourth-order valence-corrected chi connectivity index (χ4v) is 5.59. The molecular formula is C26H28ClNO3. The second-order valence-electron chi connectivity index (χ2n) is 9.09. The van der Waals surface area contributed by atoms with E-state index in [4.69, 9.17) is 16.3 Å². The number of amides is 1. The molecule has 3 atom stereocenters. The Kier molecular flexibility index (Phi) is 6.01. The number of benzene rings is 2. The van der Waals surface area contributed by atoms with Gasteiger partial charge in [0.05, 0.1) is 0 Å². The van der Waals surface area contributed by atoms with Gasteiger partial charge < -0.3 is 14.7 Å². The maximum Gasteiger partial charge on any atom is 0.414 e. The van der Waals surface area contributed by atoms with Crippen molar-refractivity contribution in [3.63, 3.8) is 0 Å². The van der Waals surface area contributed by atoms with E-state index in [0.29, 0.717) is 24.5 Å². The maximum atomic E-state index is 12.0. The SMILES string of the molecule is CN(C)C(=O)Oc1ccc2c(c1)CC[C@@H]1CC(O)(C#CCl)CC[C@@]21Cc1ccccc1. The molecule has 0 aliphatic heterocycles. The Morgan fingerprint density at radius 3 is 2.71 bits per heavy atom. The standard InChI is InChI=1S/C26H28ClNO3/c1-28(2)24(29)31-22-10-11-23-20(16-22)8-9-21-18-25(30,14-15-27)12-13-26(21,23)17-19-6-4-3-5-7-19/h3-7,10-11,16,21,30H,8-9,12-13,17-18H2,1-2H3/t21-,25?,26+/m1/s1. The van der Waals surface area contributed by atoms with E-state index in [-0.39, 0.29) is 11.5 Å². The van der Waals surface area contributed by atoms with Crippen LogP contribution in [0.1, 0.15) is 42.4 Å². The number of carbonyl (C=O) groups is 1. The number of fused-ring (bicyclic) bond motifs is 3. The molecule has 1 N–H and O–H groups in total. The first kappa shape index (κ1) is 21.7. The normalized spacial score (nSPS) is 26.6. The summed E-state index contributed by atoms with van der Waals surface area (Å²) in [6.07, 6.45) is 4.41. The molecule has 2 aromatic rings. The van der Waals surface area contributed by atoms with E-state index in [1.54, 1.807) is 14.1 Å². The molecule has 5 heteroatoms. The molecule has 4 nitrogen and oxygen atoms in total. The maximum absolute atomic E-state index is 12.0. The van der Waals surface area contributed by atoms with Gasteiger partial charge >= 0.3 is 6.09 Å².